The number of esters is 1. The third kappa shape index (κ3) is 5.17. The first-order valence-corrected chi connectivity index (χ1v) is 7.10. The van der Waals surface area contributed by atoms with Crippen molar-refractivity contribution in [1.29, 1.82) is 0 Å². The van der Waals surface area contributed by atoms with Gasteiger partial charge in [0.25, 0.3) is 0 Å². The maximum atomic E-state index is 11.9. The van der Waals surface area contributed by atoms with E-state index in [1.54, 1.807) is 30.6 Å². The standard InChI is InChI=1S/C14H24N4O3/c1-10(2)9-21-14(20)13-11(3)18(16-15-13)8-6-7-12(19)17(4)5/h10H,6-9H2,1-5H3. The fourth-order valence-electron chi connectivity index (χ4n) is 1.68. The zero-order valence-electron chi connectivity index (χ0n) is 13.4. The lowest BCUT2D eigenvalue weighted by Gasteiger charge is -2.10. The largest absolute Gasteiger partial charge is 0.461 e. The third-order valence-corrected chi connectivity index (χ3v) is 2.98. The highest BCUT2D eigenvalue weighted by molar-refractivity contribution is 5.88. The van der Waals surface area contributed by atoms with Crippen LogP contribution in [0.5, 0.6) is 0 Å². The molecule has 0 spiro atoms. The molecule has 0 aliphatic carbocycles. The first kappa shape index (κ1) is 17.1. The fraction of sp³-hybridized carbons (Fsp3) is 0.714. The Kier molecular flexibility index (Phi) is 6.33. The van der Waals surface area contributed by atoms with Crippen molar-refractivity contribution in [3.05, 3.63) is 11.4 Å². The monoisotopic (exact) mass is 296 g/mol. The summed E-state index contributed by atoms with van der Waals surface area (Å²) in [5, 5.41) is 7.82. The van der Waals surface area contributed by atoms with Crippen molar-refractivity contribution in [2.24, 2.45) is 5.92 Å². The average molecular weight is 296 g/mol. The summed E-state index contributed by atoms with van der Waals surface area (Å²) in [7, 11) is 3.46. The maximum Gasteiger partial charge on any atom is 0.360 e. The van der Waals surface area contributed by atoms with Crippen molar-refractivity contribution in [3.63, 3.8) is 0 Å². The average Bonchev–Trinajstić information content (AvgIpc) is 2.77. The SMILES string of the molecule is Cc1c(C(=O)OCC(C)C)nnn1CCCC(=O)N(C)C. The van der Waals surface area contributed by atoms with Gasteiger partial charge in [-0.2, -0.15) is 0 Å². The first-order chi connectivity index (χ1) is 9.82. The van der Waals surface area contributed by atoms with E-state index in [0.29, 0.717) is 31.7 Å². The van der Waals surface area contributed by atoms with Gasteiger partial charge in [0.2, 0.25) is 5.91 Å². The highest BCUT2D eigenvalue weighted by atomic mass is 16.5. The topological polar surface area (TPSA) is 77.3 Å². The minimum Gasteiger partial charge on any atom is -0.461 e. The molecule has 7 heteroatoms. The Bertz CT molecular complexity index is 494. The Morgan fingerprint density at radius 1 is 1.33 bits per heavy atom. The summed E-state index contributed by atoms with van der Waals surface area (Å²) >= 11 is 0. The van der Waals surface area contributed by atoms with Crippen molar-refractivity contribution < 1.29 is 14.3 Å². The van der Waals surface area contributed by atoms with Gasteiger partial charge in [-0.05, 0) is 19.3 Å². The normalized spacial score (nSPS) is 10.8. The number of aryl methyl sites for hydroxylation is 1. The molecule has 0 fully saturated rings. The van der Waals surface area contributed by atoms with Gasteiger partial charge in [0, 0.05) is 27.1 Å². The van der Waals surface area contributed by atoms with Crippen LogP contribution >= 0.6 is 0 Å². The number of rotatable bonds is 7. The minimum atomic E-state index is -0.447. The van der Waals surface area contributed by atoms with Crippen LogP contribution < -0.4 is 0 Å². The van der Waals surface area contributed by atoms with E-state index in [2.05, 4.69) is 10.3 Å². The van der Waals surface area contributed by atoms with Gasteiger partial charge in [-0.3, -0.25) is 4.79 Å². The quantitative estimate of drug-likeness (QED) is 0.708. The van der Waals surface area contributed by atoms with Crippen LogP contribution in [0.2, 0.25) is 0 Å². The summed E-state index contributed by atoms with van der Waals surface area (Å²) < 4.78 is 6.78. The Morgan fingerprint density at radius 2 is 2.00 bits per heavy atom. The zero-order valence-corrected chi connectivity index (χ0v) is 13.4. The van der Waals surface area contributed by atoms with Crippen LogP contribution in [0.1, 0.15) is 42.9 Å². The highest BCUT2D eigenvalue weighted by Crippen LogP contribution is 2.08. The molecule has 0 unspecified atom stereocenters. The Morgan fingerprint density at radius 3 is 2.57 bits per heavy atom. The summed E-state index contributed by atoms with van der Waals surface area (Å²) in [5.41, 5.74) is 0.913. The molecule has 7 nitrogen and oxygen atoms in total. The van der Waals surface area contributed by atoms with Crippen LogP contribution in [-0.4, -0.2) is 52.5 Å². The van der Waals surface area contributed by atoms with Crippen molar-refractivity contribution in [1.82, 2.24) is 19.9 Å². The molecule has 0 radical (unpaired) electrons. The van der Waals surface area contributed by atoms with Crippen LogP contribution in [0.15, 0.2) is 0 Å². The van der Waals surface area contributed by atoms with Gasteiger partial charge in [0.1, 0.15) is 0 Å². The van der Waals surface area contributed by atoms with E-state index in [1.165, 1.54) is 0 Å². The van der Waals surface area contributed by atoms with E-state index in [4.69, 9.17) is 4.74 Å². The Hall–Kier alpha value is -1.92. The van der Waals surface area contributed by atoms with Crippen LogP contribution in [0.4, 0.5) is 0 Å². The first-order valence-electron chi connectivity index (χ1n) is 7.10. The number of carbonyl (C=O) groups excluding carboxylic acids is 2. The van der Waals surface area contributed by atoms with Crippen molar-refractivity contribution in [2.75, 3.05) is 20.7 Å². The predicted octanol–water partition coefficient (Wildman–Crippen LogP) is 1.27. The summed E-state index contributed by atoms with van der Waals surface area (Å²) in [6.07, 6.45) is 1.10. The van der Waals surface area contributed by atoms with Crippen LogP contribution in [0, 0.1) is 12.8 Å². The number of hydrogen-bond donors (Lipinski definition) is 0. The molecule has 0 aliphatic rings. The molecule has 118 valence electrons. The molecule has 1 rings (SSSR count). The number of ether oxygens (including phenoxy) is 1. The molecular formula is C14H24N4O3. The lowest BCUT2D eigenvalue weighted by molar-refractivity contribution is -0.128. The van der Waals surface area contributed by atoms with E-state index in [1.807, 2.05) is 13.8 Å². The lowest BCUT2D eigenvalue weighted by atomic mass is 10.2. The molecule has 0 N–H and O–H groups in total. The Balaban J connectivity index is 2.55. The van der Waals surface area contributed by atoms with Crippen molar-refractivity contribution >= 4 is 11.9 Å². The van der Waals surface area contributed by atoms with Crippen LogP contribution in [-0.2, 0) is 16.1 Å². The maximum absolute atomic E-state index is 11.9. The van der Waals surface area contributed by atoms with E-state index in [-0.39, 0.29) is 17.5 Å². The second-order valence-electron chi connectivity index (χ2n) is 5.63. The summed E-state index contributed by atoms with van der Waals surface area (Å²) in [4.78, 5) is 24.9. The Labute approximate surface area is 125 Å². The van der Waals surface area contributed by atoms with Gasteiger partial charge in [-0.15, -0.1) is 5.10 Å². The van der Waals surface area contributed by atoms with Gasteiger partial charge < -0.3 is 9.64 Å². The number of amides is 1. The molecular weight excluding hydrogens is 272 g/mol. The molecule has 0 saturated carbocycles. The number of nitrogens with zero attached hydrogens (tertiary/aromatic N) is 4. The van der Waals surface area contributed by atoms with Gasteiger partial charge in [-0.1, -0.05) is 19.1 Å². The number of carbonyl (C=O) groups is 2. The molecule has 0 aliphatic heterocycles. The van der Waals surface area contributed by atoms with E-state index in [9.17, 15) is 9.59 Å². The third-order valence-electron chi connectivity index (χ3n) is 2.98. The molecule has 1 heterocycles. The predicted molar refractivity (Wildman–Crippen MR) is 77.8 cm³/mol. The molecule has 1 aromatic heterocycles. The molecule has 0 atom stereocenters. The molecule has 1 aromatic rings. The fourth-order valence-corrected chi connectivity index (χ4v) is 1.68. The van der Waals surface area contributed by atoms with E-state index < -0.39 is 5.97 Å². The summed E-state index contributed by atoms with van der Waals surface area (Å²) in [5.74, 6) is -0.0949. The summed E-state index contributed by atoms with van der Waals surface area (Å²) in [6.45, 7) is 6.63. The van der Waals surface area contributed by atoms with E-state index in [0.717, 1.165) is 0 Å². The number of aromatic nitrogens is 3. The molecule has 1 amide bonds. The van der Waals surface area contributed by atoms with Gasteiger partial charge >= 0.3 is 5.97 Å². The lowest BCUT2D eigenvalue weighted by Crippen LogP contribution is -2.21. The summed E-state index contributed by atoms with van der Waals surface area (Å²) in [6, 6.07) is 0. The second kappa shape index (κ2) is 7.75. The molecule has 21 heavy (non-hydrogen) atoms. The highest BCUT2D eigenvalue weighted by Gasteiger charge is 2.18. The van der Waals surface area contributed by atoms with Crippen molar-refractivity contribution in [3.8, 4) is 0 Å². The van der Waals surface area contributed by atoms with Gasteiger partial charge in [-0.25, -0.2) is 9.48 Å². The van der Waals surface area contributed by atoms with Gasteiger partial charge in [0.05, 0.1) is 12.3 Å². The molecule has 0 bridgehead atoms. The molecule has 0 saturated heterocycles. The smallest absolute Gasteiger partial charge is 0.360 e. The van der Waals surface area contributed by atoms with Gasteiger partial charge in [0.15, 0.2) is 5.69 Å². The van der Waals surface area contributed by atoms with Crippen molar-refractivity contribution in [2.45, 2.75) is 40.2 Å². The van der Waals surface area contributed by atoms with Crippen LogP contribution in [0.25, 0.3) is 0 Å². The van der Waals surface area contributed by atoms with Crippen LogP contribution in [0.3, 0.4) is 0 Å². The molecule has 0 aromatic carbocycles. The number of hydrogen-bond acceptors (Lipinski definition) is 5. The second-order valence-corrected chi connectivity index (χ2v) is 5.63. The minimum absolute atomic E-state index is 0.0735. The van der Waals surface area contributed by atoms with E-state index >= 15 is 0 Å². The zero-order chi connectivity index (χ0) is 16.0.